The van der Waals surface area contributed by atoms with Crippen LogP contribution in [0.15, 0.2) is 23.4 Å². The van der Waals surface area contributed by atoms with E-state index in [0.29, 0.717) is 23.7 Å². The van der Waals surface area contributed by atoms with Gasteiger partial charge in [-0.1, -0.05) is 28.9 Å². The summed E-state index contributed by atoms with van der Waals surface area (Å²) in [6.07, 6.45) is 1.21. The molecule has 0 unspecified atom stereocenters. The molecular weight excluding hydrogens is 302 g/mol. The van der Waals surface area contributed by atoms with Crippen molar-refractivity contribution in [1.82, 2.24) is 4.90 Å². The van der Waals surface area contributed by atoms with Crippen molar-refractivity contribution < 1.29 is 13.6 Å². The average Bonchev–Trinajstić information content (AvgIpc) is 2.37. The van der Waals surface area contributed by atoms with Crippen LogP contribution < -0.4 is 5.73 Å². The Morgan fingerprint density at radius 1 is 1.50 bits per heavy atom. The smallest absolute Gasteiger partial charge is 0.170 e. The summed E-state index contributed by atoms with van der Waals surface area (Å²) >= 11 is 6.13. The molecule has 6 nitrogen and oxygen atoms in total. The van der Waals surface area contributed by atoms with Crippen molar-refractivity contribution in [1.29, 1.82) is 0 Å². The van der Waals surface area contributed by atoms with Crippen LogP contribution in [0.2, 0.25) is 5.02 Å². The maximum absolute atomic E-state index is 11.1. The molecule has 0 bridgehead atoms. The van der Waals surface area contributed by atoms with E-state index in [1.54, 1.807) is 18.2 Å². The van der Waals surface area contributed by atoms with Crippen LogP contribution in [0.4, 0.5) is 0 Å². The van der Waals surface area contributed by atoms with Crippen LogP contribution in [0.3, 0.4) is 0 Å². The highest BCUT2D eigenvalue weighted by molar-refractivity contribution is 7.90. The Morgan fingerprint density at radius 2 is 2.15 bits per heavy atom. The maximum Gasteiger partial charge on any atom is 0.170 e. The topological polar surface area (TPSA) is 96.0 Å². The van der Waals surface area contributed by atoms with Gasteiger partial charge in [-0.15, -0.1) is 0 Å². The summed E-state index contributed by atoms with van der Waals surface area (Å²) in [7, 11) is -1.16. The minimum atomic E-state index is -2.98. The second-order valence-corrected chi connectivity index (χ2v) is 7.33. The van der Waals surface area contributed by atoms with Crippen molar-refractivity contribution in [2.24, 2.45) is 10.9 Å². The lowest BCUT2D eigenvalue weighted by Gasteiger charge is -2.17. The van der Waals surface area contributed by atoms with E-state index < -0.39 is 9.84 Å². The second-order valence-electron chi connectivity index (χ2n) is 4.66. The van der Waals surface area contributed by atoms with Crippen molar-refractivity contribution in [2.45, 2.75) is 6.54 Å². The van der Waals surface area contributed by atoms with Crippen LogP contribution in [0.5, 0.6) is 0 Å². The molecule has 3 N–H and O–H groups in total. The molecular formula is C12H18ClN3O3S. The standard InChI is InChI=1S/C12H18ClN3O3S/c1-16(5-6-20(2,18)19)8-10-4-3-9(7-11(10)13)12(14)15-17/h3-4,7,17H,5-6,8H2,1-2H3,(H2,14,15). The van der Waals surface area contributed by atoms with Crippen LogP contribution in [0.1, 0.15) is 11.1 Å². The van der Waals surface area contributed by atoms with Crippen molar-refractivity contribution in [3.8, 4) is 0 Å². The molecule has 1 aromatic carbocycles. The number of amidine groups is 1. The van der Waals surface area contributed by atoms with Gasteiger partial charge < -0.3 is 15.8 Å². The molecule has 0 fully saturated rings. The predicted molar refractivity (Wildman–Crippen MR) is 80.0 cm³/mol. The van der Waals surface area contributed by atoms with E-state index >= 15 is 0 Å². The van der Waals surface area contributed by atoms with E-state index in [2.05, 4.69) is 5.16 Å². The highest BCUT2D eigenvalue weighted by Gasteiger charge is 2.09. The van der Waals surface area contributed by atoms with E-state index in [1.165, 1.54) is 6.26 Å². The van der Waals surface area contributed by atoms with Crippen molar-refractivity contribution >= 4 is 27.3 Å². The molecule has 112 valence electrons. The van der Waals surface area contributed by atoms with Crippen molar-refractivity contribution in [3.63, 3.8) is 0 Å². The van der Waals surface area contributed by atoms with E-state index in [-0.39, 0.29) is 11.6 Å². The van der Waals surface area contributed by atoms with E-state index in [1.807, 2.05) is 11.9 Å². The fraction of sp³-hybridized carbons (Fsp3) is 0.417. The molecule has 0 aliphatic rings. The predicted octanol–water partition coefficient (Wildman–Crippen LogP) is 0.911. The number of rotatable bonds is 6. The van der Waals surface area contributed by atoms with Crippen LogP contribution >= 0.6 is 11.6 Å². The Balaban J connectivity index is 2.74. The maximum atomic E-state index is 11.1. The summed E-state index contributed by atoms with van der Waals surface area (Å²) in [4.78, 5) is 1.87. The summed E-state index contributed by atoms with van der Waals surface area (Å²) in [6.45, 7) is 0.946. The summed E-state index contributed by atoms with van der Waals surface area (Å²) < 4.78 is 22.2. The van der Waals surface area contributed by atoms with Gasteiger partial charge in [-0.2, -0.15) is 0 Å². The molecule has 20 heavy (non-hydrogen) atoms. The minimum Gasteiger partial charge on any atom is -0.409 e. The zero-order valence-corrected chi connectivity index (χ0v) is 12.9. The Kier molecular flexibility index (Phi) is 5.79. The first-order valence-corrected chi connectivity index (χ1v) is 8.29. The Bertz CT molecular complexity index is 602. The Hall–Kier alpha value is -1.31. The first-order chi connectivity index (χ1) is 9.23. The average molecular weight is 320 g/mol. The minimum absolute atomic E-state index is 0.0103. The van der Waals surface area contributed by atoms with Gasteiger partial charge in [0.15, 0.2) is 5.84 Å². The number of sulfone groups is 1. The quantitative estimate of drug-likeness (QED) is 0.352. The third-order valence-corrected chi connectivity index (χ3v) is 4.02. The normalized spacial score (nSPS) is 12.9. The monoisotopic (exact) mass is 319 g/mol. The number of benzene rings is 1. The molecule has 0 aromatic heterocycles. The molecule has 1 rings (SSSR count). The first-order valence-electron chi connectivity index (χ1n) is 5.85. The Morgan fingerprint density at radius 3 is 2.65 bits per heavy atom. The van der Waals surface area contributed by atoms with Gasteiger partial charge >= 0.3 is 0 Å². The van der Waals surface area contributed by atoms with Gasteiger partial charge in [0.05, 0.1) is 5.75 Å². The van der Waals surface area contributed by atoms with Crippen molar-refractivity contribution in [3.05, 3.63) is 34.3 Å². The van der Waals surface area contributed by atoms with Crippen LogP contribution in [-0.2, 0) is 16.4 Å². The van der Waals surface area contributed by atoms with Gasteiger partial charge in [-0.25, -0.2) is 8.42 Å². The lowest BCUT2D eigenvalue weighted by atomic mass is 10.1. The summed E-state index contributed by atoms with van der Waals surface area (Å²) in [5.41, 5.74) is 6.85. The van der Waals surface area contributed by atoms with Gasteiger partial charge in [-0.05, 0) is 18.7 Å². The molecule has 0 heterocycles. The number of nitrogens with zero attached hydrogens (tertiary/aromatic N) is 2. The molecule has 0 amide bonds. The van der Waals surface area contributed by atoms with Gasteiger partial charge in [-0.3, -0.25) is 0 Å². The molecule has 0 atom stereocenters. The number of halogens is 1. The van der Waals surface area contributed by atoms with Gasteiger partial charge in [0, 0.05) is 29.9 Å². The van der Waals surface area contributed by atoms with E-state index in [9.17, 15) is 8.42 Å². The van der Waals surface area contributed by atoms with Gasteiger partial charge in [0.25, 0.3) is 0 Å². The van der Waals surface area contributed by atoms with Gasteiger partial charge in [0.2, 0.25) is 0 Å². The number of oxime groups is 1. The first kappa shape index (κ1) is 16.7. The highest BCUT2D eigenvalue weighted by atomic mass is 35.5. The lowest BCUT2D eigenvalue weighted by molar-refractivity contribution is 0.318. The third-order valence-electron chi connectivity index (χ3n) is 2.74. The number of hydrogen-bond donors (Lipinski definition) is 2. The molecule has 8 heteroatoms. The molecule has 0 radical (unpaired) electrons. The molecule has 0 aliphatic carbocycles. The second kappa shape index (κ2) is 6.92. The van der Waals surface area contributed by atoms with Crippen LogP contribution in [0.25, 0.3) is 0 Å². The van der Waals surface area contributed by atoms with E-state index in [4.69, 9.17) is 22.5 Å². The fourth-order valence-electron chi connectivity index (χ4n) is 1.58. The Labute approximate surface area is 123 Å². The zero-order chi connectivity index (χ0) is 15.3. The summed E-state index contributed by atoms with van der Waals surface area (Å²) in [6, 6.07) is 5.07. The van der Waals surface area contributed by atoms with Crippen LogP contribution in [-0.4, -0.2) is 50.0 Å². The molecule has 0 saturated heterocycles. The molecule has 1 aromatic rings. The van der Waals surface area contributed by atoms with E-state index in [0.717, 1.165) is 5.56 Å². The fourth-order valence-corrected chi connectivity index (χ4v) is 2.47. The molecule has 0 saturated carbocycles. The summed E-state index contributed by atoms with van der Waals surface area (Å²) in [5.74, 6) is 0.0902. The lowest BCUT2D eigenvalue weighted by Crippen LogP contribution is -2.25. The number of nitrogens with two attached hydrogens (primary N) is 1. The zero-order valence-electron chi connectivity index (χ0n) is 11.4. The largest absolute Gasteiger partial charge is 0.409 e. The SMILES string of the molecule is CN(CCS(C)(=O)=O)Cc1ccc(/C(N)=N/O)cc1Cl. The third kappa shape index (κ3) is 5.36. The highest BCUT2D eigenvalue weighted by Crippen LogP contribution is 2.19. The molecule has 0 spiro atoms. The van der Waals surface area contributed by atoms with Crippen molar-refractivity contribution in [2.75, 3.05) is 25.6 Å². The van der Waals surface area contributed by atoms with Crippen LogP contribution in [0, 0.1) is 0 Å². The van der Waals surface area contributed by atoms with Gasteiger partial charge in [0.1, 0.15) is 9.84 Å². The number of hydrogen-bond acceptors (Lipinski definition) is 5. The summed E-state index contributed by atoms with van der Waals surface area (Å²) in [5, 5.41) is 12.0. The molecule has 0 aliphatic heterocycles.